The minimum atomic E-state index is 0.00831. The van der Waals surface area contributed by atoms with Gasteiger partial charge in [-0.1, -0.05) is 19.4 Å². The maximum absolute atomic E-state index is 11.8. The van der Waals surface area contributed by atoms with Crippen LogP contribution in [0.2, 0.25) is 0 Å². The second-order valence-electron chi connectivity index (χ2n) is 7.06. The Hall–Kier alpha value is -0.870. The number of likely N-dealkylation sites (N-methyl/N-ethyl adjacent to an activating group) is 1. The van der Waals surface area contributed by atoms with E-state index in [1.807, 2.05) is 25.1 Å². The normalized spacial score (nSPS) is 21.1. The summed E-state index contributed by atoms with van der Waals surface area (Å²) in [5.74, 6) is 0.822. The Morgan fingerprint density at radius 2 is 2.14 bits per heavy atom. The lowest BCUT2D eigenvalue weighted by Gasteiger charge is -2.43. The van der Waals surface area contributed by atoms with Crippen LogP contribution in [-0.4, -0.2) is 61.5 Å². The molecule has 1 saturated heterocycles. The molecule has 1 N–H and O–H groups in total. The number of piperidine rings is 1. The number of likely N-dealkylation sites (tertiary alicyclic amines) is 1. The molecule has 0 saturated carbocycles. The van der Waals surface area contributed by atoms with Crippen molar-refractivity contribution in [1.82, 2.24) is 15.1 Å². The first-order valence-corrected chi connectivity index (χ1v) is 8.19. The number of carbonyl (C=O) groups excluding carboxylic acids is 1. The number of hydrogen-bond donors (Lipinski definition) is 1. The molecule has 1 unspecified atom stereocenters. The third kappa shape index (κ3) is 6.62. The lowest BCUT2D eigenvalue weighted by molar-refractivity contribution is -0.117. The van der Waals surface area contributed by atoms with Crippen LogP contribution in [-0.2, 0) is 4.79 Å². The molecule has 0 radical (unpaired) electrons. The molecule has 1 amide bonds. The topological polar surface area (TPSA) is 35.6 Å². The Kier molecular flexibility index (Phi) is 7.40. The average Bonchev–Trinajstić information content (AvgIpc) is 2.45. The van der Waals surface area contributed by atoms with Gasteiger partial charge >= 0.3 is 0 Å². The molecule has 1 rings (SSSR count). The summed E-state index contributed by atoms with van der Waals surface area (Å²) in [6.45, 7) is 10.5. The summed E-state index contributed by atoms with van der Waals surface area (Å²) in [6, 6.07) is 0. The molecule has 1 heterocycles. The SMILES string of the molecule is CCC1CCCN(C(C)(C)CNC(=O)/C=C/CN(C)C)C1. The van der Waals surface area contributed by atoms with Crippen LogP contribution in [0.5, 0.6) is 0 Å². The Morgan fingerprint density at radius 1 is 1.43 bits per heavy atom. The van der Waals surface area contributed by atoms with E-state index in [0.717, 1.165) is 25.6 Å². The van der Waals surface area contributed by atoms with E-state index in [4.69, 9.17) is 0 Å². The van der Waals surface area contributed by atoms with Crippen molar-refractivity contribution >= 4 is 5.91 Å². The predicted molar refractivity (Wildman–Crippen MR) is 89.4 cm³/mol. The second-order valence-corrected chi connectivity index (χ2v) is 7.06. The largest absolute Gasteiger partial charge is 0.351 e. The van der Waals surface area contributed by atoms with Crippen molar-refractivity contribution in [2.45, 2.75) is 45.6 Å². The van der Waals surface area contributed by atoms with Crippen molar-refractivity contribution in [3.8, 4) is 0 Å². The highest BCUT2D eigenvalue weighted by Crippen LogP contribution is 2.25. The number of hydrogen-bond acceptors (Lipinski definition) is 3. The van der Waals surface area contributed by atoms with E-state index in [1.54, 1.807) is 6.08 Å². The summed E-state index contributed by atoms with van der Waals surface area (Å²) >= 11 is 0. The number of rotatable bonds is 7. The van der Waals surface area contributed by atoms with Gasteiger partial charge in [0.15, 0.2) is 0 Å². The van der Waals surface area contributed by atoms with Gasteiger partial charge in [0, 0.05) is 31.2 Å². The molecular formula is C17H33N3O. The molecule has 1 aliphatic heterocycles. The summed E-state index contributed by atoms with van der Waals surface area (Å²) in [4.78, 5) is 16.4. The molecule has 4 nitrogen and oxygen atoms in total. The van der Waals surface area contributed by atoms with E-state index >= 15 is 0 Å². The van der Waals surface area contributed by atoms with Gasteiger partial charge in [0.1, 0.15) is 0 Å². The van der Waals surface area contributed by atoms with E-state index in [0.29, 0.717) is 6.54 Å². The third-order valence-electron chi connectivity index (χ3n) is 4.39. The van der Waals surface area contributed by atoms with Crippen molar-refractivity contribution < 1.29 is 4.79 Å². The zero-order chi connectivity index (χ0) is 15.9. The van der Waals surface area contributed by atoms with Gasteiger partial charge in [-0.2, -0.15) is 0 Å². The molecule has 4 heteroatoms. The summed E-state index contributed by atoms with van der Waals surface area (Å²) in [5, 5.41) is 3.04. The molecule has 0 spiro atoms. The fourth-order valence-corrected chi connectivity index (χ4v) is 2.79. The van der Waals surface area contributed by atoms with Gasteiger partial charge in [-0.3, -0.25) is 9.69 Å². The summed E-state index contributed by atoms with van der Waals surface area (Å²) < 4.78 is 0. The van der Waals surface area contributed by atoms with E-state index in [1.165, 1.54) is 19.3 Å². The van der Waals surface area contributed by atoms with Gasteiger partial charge in [0.25, 0.3) is 0 Å². The van der Waals surface area contributed by atoms with Crippen LogP contribution in [0.4, 0.5) is 0 Å². The summed E-state index contributed by atoms with van der Waals surface area (Å²) in [7, 11) is 3.98. The van der Waals surface area contributed by atoms with Crippen LogP contribution in [0, 0.1) is 5.92 Å². The molecule has 0 aromatic rings. The van der Waals surface area contributed by atoms with Gasteiger partial charge in [-0.25, -0.2) is 0 Å². The van der Waals surface area contributed by atoms with Crippen LogP contribution in [0.15, 0.2) is 12.2 Å². The molecule has 1 atom stereocenters. The molecule has 1 fully saturated rings. The summed E-state index contributed by atoms with van der Waals surface area (Å²) in [5.41, 5.74) is 0.0267. The average molecular weight is 295 g/mol. The van der Waals surface area contributed by atoms with E-state index < -0.39 is 0 Å². The number of amides is 1. The van der Waals surface area contributed by atoms with Crippen LogP contribution in [0.1, 0.15) is 40.0 Å². The van der Waals surface area contributed by atoms with Gasteiger partial charge in [0.2, 0.25) is 5.91 Å². The first kappa shape index (κ1) is 18.2. The lowest BCUT2D eigenvalue weighted by Crippen LogP contribution is -2.54. The smallest absolute Gasteiger partial charge is 0.243 e. The lowest BCUT2D eigenvalue weighted by atomic mass is 9.91. The molecule has 122 valence electrons. The van der Waals surface area contributed by atoms with Crippen LogP contribution in [0.25, 0.3) is 0 Å². The Balaban J connectivity index is 2.41. The quantitative estimate of drug-likeness (QED) is 0.731. The Bertz CT molecular complexity index is 350. The van der Waals surface area contributed by atoms with Crippen molar-refractivity contribution in [3.63, 3.8) is 0 Å². The first-order valence-electron chi connectivity index (χ1n) is 8.19. The summed E-state index contributed by atoms with van der Waals surface area (Å²) in [6.07, 6.45) is 7.42. The Labute approximate surface area is 130 Å². The van der Waals surface area contributed by atoms with Gasteiger partial charge in [-0.15, -0.1) is 0 Å². The molecule has 0 bridgehead atoms. The molecule has 0 aromatic carbocycles. The predicted octanol–water partition coefficient (Wildman–Crippen LogP) is 2.12. The molecule has 0 aromatic heterocycles. The van der Waals surface area contributed by atoms with Gasteiger partial charge < -0.3 is 10.2 Å². The Morgan fingerprint density at radius 3 is 2.76 bits per heavy atom. The zero-order valence-electron chi connectivity index (χ0n) is 14.5. The minimum absolute atomic E-state index is 0.00831. The number of nitrogens with one attached hydrogen (secondary N) is 1. The van der Waals surface area contributed by atoms with Crippen LogP contribution < -0.4 is 5.32 Å². The molecule has 1 aliphatic rings. The fourth-order valence-electron chi connectivity index (χ4n) is 2.79. The van der Waals surface area contributed by atoms with Gasteiger partial charge in [0.05, 0.1) is 0 Å². The van der Waals surface area contributed by atoms with Crippen LogP contribution >= 0.6 is 0 Å². The van der Waals surface area contributed by atoms with Crippen molar-refractivity contribution in [2.24, 2.45) is 5.92 Å². The maximum Gasteiger partial charge on any atom is 0.243 e. The fraction of sp³-hybridized carbons (Fsp3) is 0.824. The highest BCUT2D eigenvalue weighted by Gasteiger charge is 2.30. The highest BCUT2D eigenvalue weighted by molar-refractivity contribution is 5.87. The standard InChI is InChI=1S/C17H33N3O/c1-6-15-9-7-12-20(13-15)17(2,3)14-18-16(21)10-8-11-19(4)5/h8,10,15H,6-7,9,11-14H2,1-5H3,(H,18,21)/b10-8+. The number of carbonyl (C=O) groups is 1. The molecule has 0 aliphatic carbocycles. The van der Waals surface area contributed by atoms with Crippen molar-refractivity contribution in [3.05, 3.63) is 12.2 Å². The zero-order valence-corrected chi connectivity index (χ0v) is 14.5. The monoisotopic (exact) mass is 295 g/mol. The first-order chi connectivity index (χ1) is 9.85. The van der Waals surface area contributed by atoms with E-state index in [9.17, 15) is 4.79 Å². The third-order valence-corrected chi connectivity index (χ3v) is 4.39. The second kappa shape index (κ2) is 8.54. The minimum Gasteiger partial charge on any atom is -0.351 e. The van der Waals surface area contributed by atoms with Crippen molar-refractivity contribution in [1.29, 1.82) is 0 Å². The highest BCUT2D eigenvalue weighted by atomic mass is 16.1. The van der Waals surface area contributed by atoms with Crippen molar-refractivity contribution in [2.75, 3.05) is 40.3 Å². The number of nitrogens with zero attached hydrogens (tertiary/aromatic N) is 2. The maximum atomic E-state index is 11.8. The molecule has 21 heavy (non-hydrogen) atoms. The van der Waals surface area contributed by atoms with Crippen LogP contribution in [0.3, 0.4) is 0 Å². The van der Waals surface area contributed by atoms with E-state index in [2.05, 4.69) is 31.0 Å². The molecular weight excluding hydrogens is 262 g/mol. The van der Waals surface area contributed by atoms with E-state index in [-0.39, 0.29) is 11.4 Å². The van der Waals surface area contributed by atoms with Gasteiger partial charge in [-0.05, 0) is 53.2 Å².